The fraction of sp³-hybridized carbons (Fsp3) is 0.379. The van der Waals surface area contributed by atoms with Gasteiger partial charge in [-0.15, -0.1) is 0 Å². The zero-order valence-corrected chi connectivity index (χ0v) is 19.6. The largest absolute Gasteiger partial charge is 0.243 e. The van der Waals surface area contributed by atoms with Crippen molar-refractivity contribution in [3.05, 3.63) is 99.5 Å². The Morgan fingerprint density at radius 3 is 2.23 bits per heavy atom. The van der Waals surface area contributed by atoms with Gasteiger partial charge in [-0.25, -0.2) is 0 Å². The smallest absolute Gasteiger partial charge is 0.0988 e. The van der Waals surface area contributed by atoms with Crippen LogP contribution in [-0.4, -0.2) is 6.71 Å². The molecular formula is C29H33B. The van der Waals surface area contributed by atoms with Crippen molar-refractivity contribution < 1.29 is 0 Å². The summed E-state index contributed by atoms with van der Waals surface area (Å²) in [6.45, 7) is 21.4. The molecule has 0 aromatic heterocycles. The summed E-state index contributed by atoms with van der Waals surface area (Å²) in [6, 6.07) is 7.02. The highest BCUT2D eigenvalue weighted by Crippen LogP contribution is 2.58. The molecular weight excluding hydrogens is 359 g/mol. The van der Waals surface area contributed by atoms with E-state index in [1.807, 2.05) is 0 Å². The summed E-state index contributed by atoms with van der Waals surface area (Å²) in [4.78, 5) is 0. The minimum atomic E-state index is -0.0540. The summed E-state index contributed by atoms with van der Waals surface area (Å²) in [6.07, 6.45) is 12.6. The van der Waals surface area contributed by atoms with E-state index in [9.17, 15) is 0 Å². The van der Waals surface area contributed by atoms with Gasteiger partial charge in [-0.2, -0.15) is 0 Å². The van der Waals surface area contributed by atoms with Gasteiger partial charge in [-0.1, -0.05) is 119 Å². The number of allylic oxidation sites excluding steroid dienone is 11. The Bertz CT molecular complexity index is 1150. The topological polar surface area (TPSA) is 0 Å². The molecule has 1 heteroatoms. The molecule has 3 heterocycles. The lowest BCUT2D eigenvalue weighted by atomic mass is 9.21. The van der Waals surface area contributed by atoms with Crippen molar-refractivity contribution in [1.29, 1.82) is 0 Å². The number of rotatable bonds is 1. The van der Waals surface area contributed by atoms with Crippen molar-refractivity contribution in [1.82, 2.24) is 0 Å². The summed E-state index contributed by atoms with van der Waals surface area (Å²) >= 11 is 0. The quantitative estimate of drug-likeness (QED) is 0.467. The maximum atomic E-state index is 4.32. The predicted octanol–water partition coefficient (Wildman–Crippen LogP) is 6.70. The molecule has 5 rings (SSSR count). The van der Waals surface area contributed by atoms with Gasteiger partial charge in [0.1, 0.15) is 0 Å². The molecule has 1 aliphatic carbocycles. The first-order valence-corrected chi connectivity index (χ1v) is 11.4. The van der Waals surface area contributed by atoms with Gasteiger partial charge < -0.3 is 0 Å². The lowest BCUT2D eigenvalue weighted by molar-refractivity contribution is 0.516. The standard InChI is InChI=1S/C29H33B/c1-9-18-24-19(10-2)28(5,6)22-16-13-17-23-26(22)30(24)25-20(27(18,3)4)14-11-12-15-21(25)29(23,7)8/h9-13,15-17H,2,14H2,1,3-8H3/b18-9+. The maximum Gasteiger partial charge on any atom is 0.243 e. The van der Waals surface area contributed by atoms with Gasteiger partial charge in [0, 0.05) is 16.2 Å². The molecule has 30 heavy (non-hydrogen) atoms. The van der Waals surface area contributed by atoms with Gasteiger partial charge >= 0.3 is 0 Å². The van der Waals surface area contributed by atoms with E-state index in [1.165, 1.54) is 33.3 Å². The molecule has 0 nitrogen and oxygen atoms in total. The normalized spacial score (nSPS) is 25.8. The first kappa shape index (κ1) is 19.7. The third-order valence-corrected chi connectivity index (χ3v) is 8.50. The zero-order valence-electron chi connectivity index (χ0n) is 19.6. The lowest BCUT2D eigenvalue weighted by Gasteiger charge is -2.54. The first-order chi connectivity index (χ1) is 14.1. The van der Waals surface area contributed by atoms with E-state index in [2.05, 4.69) is 104 Å². The molecule has 0 radical (unpaired) electrons. The average molecular weight is 392 g/mol. The molecule has 0 fully saturated rings. The van der Waals surface area contributed by atoms with Crippen LogP contribution >= 0.6 is 0 Å². The number of benzene rings is 1. The fourth-order valence-electron chi connectivity index (χ4n) is 7.04. The Balaban J connectivity index is 2.07. The third kappa shape index (κ3) is 2.09. The SMILES string of the molecule is C=CC1=C2B3C4=C(CC=CC=C4C(C)(C)c4cccc(c43)C1(C)C)C(C)(C)/C2=C/C. The Labute approximate surface area is 182 Å². The van der Waals surface area contributed by atoms with E-state index in [0.29, 0.717) is 6.71 Å². The first-order valence-electron chi connectivity index (χ1n) is 11.4. The van der Waals surface area contributed by atoms with Gasteiger partial charge in [0.05, 0.1) is 0 Å². The van der Waals surface area contributed by atoms with Gasteiger partial charge in [0.15, 0.2) is 0 Å². The number of hydrogen-bond donors (Lipinski definition) is 0. The van der Waals surface area contributed by atoms with Crippen LogP contribution in [-0.2, 0) is 10.8 Å². The van der Waals surface area contributed by atoms with Crippen molar-refractivity contribution in [2.75, 3.05) is 0 Å². The van der Waals surface area contributed by atoms with Crippen LogP contribution in [0.15, 0.2) is 88.4 Å². The molecule has 0 bridgehead atoms. The van der Waals surface area contributed by atoms with Gasteiger partial charge in [0.2, 0.25) is 6.71 Å². The van der Waals surface area contributed by atoms with Crippen LogP contribution < -0.4 is 5.46 Å². The molecule has 4 aliphatic rings. The molecule has 0 unspecified atom stereocenters. The maximum absolute atomic E-state index is 4.32. The van der Waals surface area contributed by atoms with E-state index in [-0.39, 0.29) is 16.2 Å². The molecule has 0 amide bonds. The molecule has 3 aliphatic heterocycles. The molecule has 0 saturated heterocycles. The average Bonchev–Trinajstić information content (AvgIpc) is 2.91. The van der Waals surface area contributed by atoms with Crippen LogP contribution in [0.5, 0.6) is 0 Å². The lowest BCUT2D eigenvalue weighted by Crippen LogP contribution is -2.58. The number of hydrogen-bond acceptors (Lipinski definition) is 0. The molecule has 152 valence electrons. The highest BCUT2D eigenvalue weighted by molar-refractivity contribution is 6.89. The predicted molar refractivity (Wildman–Crippen MR) is 132 cm³/mol. The third-order valence-electron chi connectivity index (χ3n) is 8.50. The second-order valence-corrected chi connectivity index (χ2v) is 10.9. The summed E-state index contributed by atoms with van der Waals surface area (Å²) in [5, 5.41) is 0. The Kier molecular flexibility index (Phi) is 3.87. The second kappa shape index (κ2) is 5.91. The summed E-state index contributed by atoms with van der Waals surface area (Å²) in [5.41, 5.74) is 13.6. The van der Waals surface area contributed by atoms with E-state index >= 15 is 0 Å². The van der Waals surface area contributed by atoms with Crippen molar-refractivity contribution in [2.45, 2.75) is 65.7 Å². The van der Waals surface area contributed by atoms with Gasteiger partial charge in [-0.3, -0.25) is 0 Å². The van der Waals surface area contributed by atoms with Crippen LogP contribution in [0, 0.1) is 5.41 Å². The highest BCUT2D eigenvalue weighted by Gasteiger charge is 2.55. The van der Waals surface area contributed by atoms with Crippen LogP contribution in [0.25, 0.3) is 0 Å². The monoisotopic (exact) mass is 392 g/mol. The van der Waals surface area contributed by atoms with Crippen molar-refractivity contribution in [2.24, 2.45) is 5.41 Å². The van der Waals surface area contributed by atoms with Crippen LogP contribution in [0.4, 0.5) is 0 Å². The van der Waals surface area contributed by atoms with Crippen LogP contribution in [0.2, 0.25) is 0 Å². The van der Waals surface area contributed by atoms with E-state index in [4.69, 9.17) is 0 Å². The van der Waals surface area contributed by atoms with Gasteiger partial charge in [0.25, 0.3) is 0 Å². The Morgan fingerprint density at radius 2 is 1.60 bits per heavy atom. The Hall–Kier alpha value is -2.28. The molecule has 0 saturated carbocycles. The summed E-state index contributed by atoms with van der Waals surface area (Å²) in [5.74, 6) is 0. The molecule has 1 aromatic carbocycles. The van der Waals surface area contributed by atoms with E-state index in [0.717, 1.165) is 6.42 Å². The van der Waals surface area contributed by atoms with Crippen molar-refractivity contribution in [3.63, 3.8) is 0 Å². The van der Waals surface area contributed by atoms with Crippen LogP contribution in [0.1, 0.15) is 66.0 Å². The van der Waals surface area contributed by atoms with E-state index < -0.39 is 0 Å². The van der Waals surface area contributed by atoms with Crippen LogP contribution in [0.3, 0.4) is 0 Å². The van der Waals surface area contributed by atoms with E-state index in [1.54, 1.807) is 16.5 Å². The summed E-state index contributed by atoms with van der Waals surface area (Å²) < 4.78 is 0. The molecule has 0 spiro atoms. The zero-order chi connectivity index (χ0) is 21.6. The minimum absolute atomic E-state index is 0.00646. The van der Waals surface area contributed by atoms with Gasteiger partial charge in [-0.05, 0) is 41.2 Å². The molecule has 1 aromatic rings. The Morgan fingerprint density at radius 1 is 0.933 bits per heavy atom. The summed E-state index contributed by atoms with van der Waals surface area (Å²) in [7, 11) is 0. The van der Waals surface area contributed by atoms with Crippen molar-refractivity contribution in [3.8, 4) is 0 Å². The minimum Gasteiger partial charge on any atom is -0.0988 e. The fourth-order valence-corrected chi connectivity index (χ4v) is 7.04. The molecule has 0 N–H and O–H groups in total. The molecule has 0 atom stereocenters. The highest BCUT2D eigenvalue weighted by atomic mass is 14.5. The van der Waals surface area contributed by atoms with Crippen molar-refractivity contribution >= 4 is 12.2 Å². The second-order valence-electron chi connectivity index (χ2n) is 10.9.